The van der Waals surface area contributed by atoms with Crippen LogP contribution < -0.4 is 11.2 Å². The van der Waals surface area contributed by atoms with Crippen molar-refractivity contribution < 1.29 is 4.39 Å². The van der Waals surface area contributed by atoms with Gasteiger partial charge in [0, 0.05) is 31.6 Å². The van der Waals surface area contributed by atoms with Crippen LogP contribution in [0.25, 0.3) is 22.4 Å². The molecule has 3 aromatic heterocycles. The number of hydrogen-bond donors (Lipinski definition) is 0. The average Bonchev–Trinajstić information content (AvgIpc) is 2.74. The number of aryl methyl sites for hydroxylation is 1. The van der Waals surface area contributed by atoms with E-state index < -0.39 is 17.1 Å². The molecule has 0 fully saturated rings. The number of rotatable bonds is 4. The number of aromatic nitrogens is 5. The summed E-state index contributed by atoms with van der Waals surface area (Å²) in [6.07, 6.45) is 1.69. The molecule has 0 saturated heterocycles. The molecule has 0 atom stereocenters. The second kappa shape index (κ2) is 7.59. The average molecular weight is 409 g/mol. The first-order valence-electron chi connectivity index (χ1n) is 8.72. The molecule has 29 heavy (non-hydrogen) atoms. The molecule has 0 saturated carbocycles. The summed E-state index contributed by atoms with van der Waals surface area (Å²) in [6, 6.07) is 11.4. The standard InChI is InChI=1S/C20H16FN5O2S/c1-25-17-15(19(27)26(2)20(25)28)18(29-11-14-8-3-4-9-22-14)24-16(23-17)12-6-5-7-13(21)10-12/h3-10H,11H2,1-2H3. The van der Waals surface area contributed by atoms with Crippen LogP contribution in [0.2, 0.25) is 0 Å². The smallest absolute Gasteiger partial charge is 0.280 e. The Morgan fingerprint density at radius 3 is 2.59 bits per heavy atom. The molecule has 0 spiro atoms. The molecule has 0 aliphatic carbocycles. The first-order chi connectivity index (χ1) is 14.0. The summed E-state index contributed by atoms with van der Waals surface area (Å²) in [5.74, 6) is 0.289. The summed E-state index contributed by atoms with van der Waals surface area (Å²) in [6.45, 7) is 0. The van der Waals surface area contributed by atoms with Crippen LogP contribution in [-0.2, 0) is 19.8 Å². The SMILES string of the molecule is Cn1c(=O)c2c(SCc3ccccn3)nc(-c3cccc(F)c3)nc2n(C)c1=O. The lowest BCUT2D eigenvalue weighted by Crippen LogP contribution is -2.37. The molecule has 146 valence electrons. The van der Waals surface area contributed by atoms with E-state index in [1.54, 1.807) is 25.4 Å². The van der Waals surface area contributed by atoms with Crippen molar-refractivity contribution in [3.63, 3.8) is 0 Å². The fourth-order valence-electron chi connectivity index (χ4n) is 2.92. The highest BCUT2D eigenvalue weighted by Gasteiger charge is 2.18. The van der Waals surface area contributed by atoms with Crippen molar-refractivity contribution in [3.05, 3.63) is 81.0 Å². The predicted molar refractivity (Wildman–Crippen MR) is 109 cm³/mol. The fraction of sp³-hybridized carbons (Fsp3) is 0.150. The molecule has 9 heteroatoms. The third kappa shape index (κ3) is 3.56. The monoisotopic (exact) mass is 409 g/mol. The van der Waals surface area contributed by atoms with Crippen LogP contribution in [-0.4, -0.2) is 24.1 Å². The summed E-state index contributed by atoms with van der Waals surface area (Å²) >= 11 is 1.32. The molecule has 0 radical (unpaired) electrons. The zero-order valence-electron chi connectivity index (χ0n) is 15.7. The van der Waals surface area contributed by atoms with Gasteiger partial charge in [0.05, 0.1) is 5.69 Å². The van der Waals surface area contributed by atoms with E-state index in [9.17, 15) is 14.0 Å². The molecular formula is C20H16FN5O2S. The van der Waals surface area contributed by atoms with E-state index in [0.29, 0.717) is 16.3 Å². The van der Waals surface area contributed by atoms with Crippen molar-refractivity contribution in [2.45, 2.75) is 10.8 Å². The molecule has 4 rings (SSSR count). The summed E-state index contributed by atoms with van der Waals surface area (Å²) in [4.78, 5) is 38.4. The maximum absolute atomic E-state index is 13.7. The molecule has 3 heterocycles. The summed E-state index contributed by atoms with van der Waals surface area (Å²) in [5, 5.41) is 0.659. The minimum Gasteiger partial charge on any atom is -0.280 e. The fourth-order valence-corrected chi connectivity index (χ4v) is 3.85. The van der Waals surface area contributed by atoms with E-state index in [2.05, 4.69) is 15.0 Å². The highest BCUT2D eigenvalue weighted by molar-refractivity contribution is 7.98. The molecule has 0 N–H and O–H groups in total. The molecule has 7 nitrogen and oxygen atoms in total. The van der Waals surface area contributed by atoms with Crippen molar-refractivity contribution in [2.24, 2.45) is 14.1 Å². The van der Waals surface area contributed by atoms with Gasteiger partial charge in [-0.25, -0.2) is 19.2 Å². The Balaban J connectivity index is 1.95. The maximum atomic E-state index is 13.7. The van der Waals surface area contributed by atoms with Gasteiger partial charge in [0.15, 0.2) is 11.5 Å². The largest absolute Gasteiger partial charge is 0.332 e. The van der Waals surface area contributed by atoms with Crippen molar-refractivity contribution in [3.8, 4) is 11.4 Å². The summed E-state index contributed by atoms with van der Waals surface area (Å²) in [7, 11) is 2.96. The predicted octanol–water partition coefficient (Wildman–Crippen LogP) is 2.52. The molecule has 0 unspecified atom stereocenters. The van der Waals surface area contributed by atoms with Crippen LogP contribution in [0, 0.1) is 5.82 Å². The molecule has 0 aliphatic rings. The normalized spacial score (nSPS) is 11.1. The van der Waals surface area contributed by atoms with E-state index >= 15 is 0 Å². The van der Waals surface area contributed by atoms with E-state index in [1.807, 2.05) is 18.2 Å². The maximum Gasteiger partial charge on any atom is 0.332 e. The molecular weight excluding hydrogens is 393 g/mol. The molecule has 0 bridgehead atoms. The van der Waals surface area contributed by atoms with Crippen molar-refractivity contribution in [1.29, 1.82) is 0 Å². The van der Waals surface area contributed by atoms with E-state index in [4.69, 9.17) is 0 Å². The minimum absolute atomic E-state index is 0.205. The van der Waals surface area contributed by atoms with Gasteiger partial charge in [-0.05, 0) is 24.3 Å². The summed E-state index contributed by atoms with van der Waals surface area (Å²) < 4.78 is 16.0. The quantitative estimate of drug-likeness (QED) is 0.381. The van der Waals surface area contributed by atoms with E-state index in [-0.39, 0.29) is 16.9 Å². The number of benzene rings is 1. The number of thioether (sulfide) groups is 1. The van der Waals surface area contributed by atoms with Crippen LogP contribution in [0.4, 0.5) is 4.39 Å². The zero-order chi connectivity index (χ0) is 20.5. The lowest BCUT2D eigenvalue weighted by Gasteiger charge is -2.12. The first kappa shape index (κ1) is 19.0. The third-order valence-corrected chi connectivity index (χ3v) is 5.44. The van der Waals surface area contributed by atoms with Gasteiger partial charge < -0.3 is 0 Å². The van der Waals surface area contributed by atoms with Gasteiger partial charge in [-0.2, -0.15) is 0 Å². The number of fused-ring (bicyclic) bond motifs is 1. The van der Waals surface area contributed by atoms with E-state index in [0.717, 1.165) is 10.3 Å². The lowest BCUT2D eigenvalue weighted by atomic mass is 10.2. The minimum atomic E-state index is -0.493. The topological polar surface area (TPSA) is 82.7 Å². The van der Waals surface area contributed by atoms with Gasteiger partial charge in [-0.3, -0.25) is 18.9 Å². The number of hydrogen-bond acceptors (Lipinski definition) is 6. The Labute approximate surface area is 168 Å². The lowest BCUT2D eigenvalue weighted by molar-refractivity contribution is 0.628. The Morgan fingerprint density at radius 1 is 1.03 bits per heavy atom. The molecule has 0 amide bonds. The van der Waals surface area contributed by atoms with Gasteiger partial charge >= 0.3 is 5.69 Å². The Hall–Kier alpha value is -3.33. The molecule has 0 aliphatic heterocycles. The number of nitrogens with zero attached hydrogens (tertiary/aromatic N) is 5. The van der Waals surface area contributed by atoms with Crippen LogP contribution in [0.15, 0.2) is 63.3 Å². The van der Waals surface area contributed by atoms with Crippen molar-refractivity contribution >= 4 is 22.8 Å². The molecule has 1 aromatic carbocycles. The zero-order valence-corrected chi connectivity index (χ0v) is 16.5. The Kier molecular flexibility index (Phi) is 4.98. The Morgan fingerprint density at radius 2 is 1.86 bits per heavy atom. The highest BCUT2D eigenvalue weighted by Crippen LogP contribution is 2.28. The van der Waals surface area contributed by atoms with Crippen LogP contribution >= 0.6 is 11.8 Å². The van der Waals surface area contributed by atoms with Crippen LogP contribution in [0.5, 0.6) is 0 Å². The van der Waals surface area contributed by atoms with E-state index in [1.165, 1.54) is 35.5 Å². The van der Waals surface area contributed by atoms with Crippen molar-refractivity contribution in [2.75, 3.05) is 0 Å². The van der Waals surface area contributed by atoms with Crippen molar-refractivity contribution in [1.82, 2.24) is 24.1 Å². The highest BCUT2D eigenvalue weighted by atomic mass is 32.2. The van der Waals surface area contributed by atoms with Gasteiger partial charge in [0.2, 0.25) is 0 Å². The molecule has 4 aromatic rings. The first-order valence-corrected chi connectivity index (χ1v) is 9.70. The van der Waals surface area contributed by atoms with Gasteiger partial charge in [-0.15, -0.1) is 0 Å². The van der Waals surface area contributed by atoms with Crippen LogP contribution in [0.3, 0.4) is 0 Å². The van der Waals surface area contributed by atoms with Crippen LogP contribution in [0.1, 0.15) is 5.69 Å². The van der Waals surface area contributed by atoms with Gasteiger partial charge in [-0.1, -0.05) is 30.0 Å². The second-order valence-electron chi connectivity index (χ2n) is 6.38. The summed E-state index contributed by atoms with van der Waals surface area (Å²) in [5.41, 5.74) is 0.512. The van der Waals surface area contributed by atoms with Gasteiger partial charge in [0.25, 0.3) is 5.56 Å². The van der Waals surface area contributed by atoms with Gasteiger partial charge in [0.1, 0.15) is 16.2 Å². The second-order valence-corrected chi connectivity index (χ2v) is 7.34. The number of halogens is 1. The number of pyridine rings is 1. The Bertz CT molecular complexity index is 1330. The third-order valence-electron chi connectivity index (χ3n) is 4.43.